The minimum absolute atomic E-state index is 0.114. The van der Waals surface area contributed by atoms with E-state index in [1.54, 1.807) is 6.92 Å². The fourth-order valence-corrected chi connectivity index (χ4v) is 1.04. The summed E-state index contributed by atoms with van der Waals surface area (Å²) >= 11 is 0. The molecule has 0 aliphatic carbocycles. The van der Waals surface area contributed by atoms with Crippen LogP contribution in [-0.2, 0) is 0 Å². The lowest BCUT2D eigenvalue weighted by Gasteiger charge is -2.05. The Balaban J connectivity index is 3.36. The number of methoxy groups -OCH3 is 1. The SMILES string of the molecule is COc1cc(O)cc(C)c1C#N. The summed E-state index contributed by atoms with van der Waals surface area (Å²) in [4.78, 5) is 0. The van der Waals surface area contributed by atoms with Gasteiger partial charge in [0, 0.05) is 6.07 Å². The van der Waals surface area contributed by atoms with Gasteiger partial charge in [0.15, 0.2) is 0 Å². The summed E-state index contributed by atoms with van der Waals surface area (Å²) in [6, 6.07) is 4.96. The maximum Gasteiger partial charge on any atom is 0.140 e. The molecule has 12 heavy (non-hydrogen) atoms. The van der Waals surface area contributed by atoms with Crippen LogP contribution in [0.3, 0.4) is 0 Å². The summed E-state index contributed by atoms with van der Waals surface area (Å²) in [6.07, 6.45) is 0. The molecule has 0 heterocycles. The van der Waals surface area contributed by atoms with Gasteiger partial charge in [0.2, 0.25) is 0 Å². The van der Waals surface area contributed by atoms with E-state index < -0.39 is 0 Å². The number of rotatable bonds is 1. The number of hydrogen-bond acceptors (Lipinski definition) is 3. The Kier molecular flexibility index (Phi) is 2.20. The minimum atomic E-state index is 0.114. The van der Waals surface area contributed by atoms with Crippen LogP contribution in [0.1, 0.15) is 11.1 Å². The zero-order valence-corrected chi connectivity index (χ0v) is 6.96. The van der Waals surface area contributed by atoms with E-state index in [1.807, 2.05) is 6.07 Å². The van der Waals surface area contributed by atoms with Crippen LogP contribution in [-0.4, -0.2) is 12.2 Å². The van der Waals surface area contributed by atoms with E-state index in [4.69, 9.17) is 15.1 Å². The molecule has 3 nitrogen and oxygen atoms in total. The molecule has 0 aliphatic rings. The Morgan fingerprint density at radius 1 is 1.50 bits per heavy atom. The largest absolute Gasteiger partial charge is 0.508 e. The van der Waals surface area contributed by atoms with E-state index in [-0.39, 0.29) is 5.75 Å². The molecule has 0 saturated carbocycles. The van der Waals surface area contributed by atoms with Crippen LogP contribution >= 0.6 is 0 Å². The smallest absolute Gasteiger partial charge is 0.140 e. The first-order valence-electron chi connectivity index (χ1n) is 3.46. The number of nitrogens with zero attached hydrogens (tertiary/aromatic N) is 1. The van der Waals surface area contributed by atoms with Gasteiger partial charge in [0.25, 0.3) is 0 Å². The zero-order chi connectivity index (χ0) is 9.14. The highest BCUT2D eigenvalue weighted by atomic mass is 16.5. The number of phenolic OH excluding ortho intramolecular Hbond substituents is 1. The van der Waals surface area contributed by atoms with Crippen molar-refractivity contribution < 1.29 is 9.84 Å². The lowest BCUT2D eigenvalue weighted by Crippen LogP contribution is -1.90. The number of phenols is 1. The number of aromatic hydroxyl groups is 1. The minimum Gasteiger partial charge on any atom is -0.508 e. The van der Waals surface area contributed by atoms with Gasteiger partial charge in [-0.2, -0.15) is 5.26 Å². The van der Waals surface area contributed by atoms with E-state index in [0.29, 0.717) is 16.9 Å². The van der Waals surface area contributed by atoms with Crippen molar-refractivity contribution in [3.8, 4) is 17.6 Å². The molecule has 0 saturated heterocycles. The van der Waals surface area contributed by atoms with Crippen LogP contribution in [0.4, 0.5) is 0 Å². The number of aryl methyl sites for hydroxylation is 1. The molecule has 1 N–H and O–H groups in total. The van der Waals surface area contributed by atoms with Gasteiger partial charge in [0.05, 0.1) is 12.7 Å². The molecule has 62 valence electrons. The van der Waals surface area contributed by atoms with Crippen LogP contribution in [0.15, 0.2) is 12.1 Å². The van der Waals surface area contributed by atoms with Crippen molar-refractivity contribution in [1.29, 1.82) is 5.26 Å². The van der Waals surface area contributed by atoms with Crippen molar-refractivity contribution in [3.63, 3.8) is 0 Å². The molecule has 0 radical (unpaired) electrons. The van der Waals surface area contributed by atoms with Crippen LogP contribution in [0.2, 0.25) is 0 Å². The highest BCUT2D eigenvalue weighted by Crippen LogP contribution is 2.26. The molecule has 0 aliphatic heterocycles. The lowest BCUT2D eigenvalue weighted by atomic mass is 10.1. The number of nitriles is 1. The van der Waals surface area contributed by atoms with Crippen LogP contribution < -0.4 is 4.74 Å². The van der Waals surface area contributed by atoms with Crippen LogP contribution in [0.25, 0.3) is 0 Å². The highest BCUT2D eigenvalue weighted by molar-refractivity contribution is 5.52. The molecule has 0 atom stereocenters. The summed E-state index contributed by atoms with van der Waals surface area (Å²) in [5, 5.41) is 17.9. The second kappa shape index (κ2) is 3.14. The summed E-state index contributed by atoms with van der Waals surface area (Å²) in [5.41, 5.74) is 1.18. The van der Waals surface area contributed by atoms with Crippen LogP contribution in [0, 0.1) is 18.3 Å². The molecular formula is C9H9NO2. The first kappa shape index (κ1) is 8.41. The summed E-state index contributed by atoms with van der Waals surface area (Å²) in [6.45, 7) is 1.75. The molecular weight excluding hydrogens is 154 g/mol. The van der Waals surface area contributed by atoms with E-state index in [1.165, 1.54) is 19.2 Å². The Morgan fingerprint density at radius 3 is 2.67 bits per heavy atom. The Bertz CT molecular complexity index is 339. The maximum atomic E-state index is 9.16. The van der Waals surface area contributed by atoms with E-state index >= 15 is 0 Å². The topological polar surface area (TPSA) is 53.2 Å². The molecule has 0 unspecified atom stereocenters. The average Bonchev–Trinajstić information content (AvgIpc) is 2.03. The maximum absolute atomic E-state index is 9.16. The Labute approximate surface area is 70.8 Å². The van der Waals surface area contributed by atoms with Gasteiger partial charge in [-0.1, -0.05) is 0 Å². The number of ether oxygens (including phenoxy) is 1. The molecule has 0 amide bonds. The molecule has 1 aromatic carbocycles. The van der Waals surface area contributed by atoms with E-state index in [9.17, 15) is 0 Å². The average molecular weight is 163 g/mol. The monoisotopic (exact) mass is 163 g/mol. The third-order valence-corrected chi connectivity index (χ3v) is 1.62. The molecule has 0 aromatic heterocycles. The second-order valence-electron chi connectivity index (χ2n) is 2.45. The predicted octanol–water partition coefficient (Wildman–Crippen LogP) is 1.58. The van der Waals surface area contributed by atoms with Crippen molar-refractivity contribution in [2.24, 2.45) is 0 Å². The van der Waals surface area contributed by atoms with Crippen LogP contribution in [0.5, 0.6) is 11.5 Å². The summed E-state index contributed by atoms with van der Waals surface area (Å²) < 4.78 is 4.92. The normalized spacial score (nSPS) is 9.08. The molecule has 1 aromatic rings. The van der Waals surface area contributed by atoms with Crippen molar-refractivity contribution in [3.05, 3.63) is 23.3 Å². The molecule has 0 bridgehead atoms. The lowest BCUT2D eigenvalue weighted by molar-refractivity contribution is 0.406. The highest BCUT2D eigenvalue weighted by Gasteiger charge is 2.06. The van der Waals surface area contributed by atoms with E-state index in [2.05, 4.69) is 0 Å². The van der Waals surface area contributed by atoms with Gasteiger partial charge < -0.3 is 9.84 Å². The Morgan fingerprint density at radius 2 is 2.17 bits per heavy atom. The first-order chi connectivity index (χ1) is 5.69. The van der Waals surface area contributed by atoms with Crippen molar-refractivity contribution in [2.45, 2.75) is 6.92 Å². The first-order valence-corrected chi connectivity index (χ1v) is 3.46. The van der Waals surface area contributed by atoms with Crippen molar-refractivity contribution in [1.82, 2.24) is 0 Å². The number of hydrogen-bond donors (Lipinski definition) is 1. The van der Waals surface area contributed by atoms with Gasteiger partial charge in [-0.25, -0.2) is 0 Å². The van der Waals surface area contributed by atoms with E-state index in [0.717, 1.165) is 0 Å². The molecule has 3 heteroatoms. The van der Waals surface area contributed by atoms with Gasteiger partial charge in [-0.15, -0.1) is 0 Å². The molecule has 0 fully saturated rings. The predicted molar refractivity (Wildman–Crippen MR) is 44.1 cm³/mol. The van der Waals surface area contributed by atoms with Gasteiger partial charge in [-0.3, -0.25) is 0 Å². The number of benzene rings is 1. The van der Waals surface area contributed by atoms with Crippen molar-refractivity contribution >= 4 is 0 Å². The van der Waals surface area contributed by atoms with Gasteiger partial charge in [-0.05, 0) is 18.6 Å². The fraction of sp³-hybridized carbons (Fsp3) is 0.222. The third-order valence-electron chi connectivity index (χ3n) is 1.62. The fourth-order valence-electron chi connectivity index (χ4n) is 1.04. The third kappa shape index (κ3) is 1.32. The van der Waals surface area contributed by atoms with Crippen molar-refractivity contribution in [2.75, 3.05) is 7.11 Å². The Hall–Kier alpha value is -1.69. The summed E-state index contributed by atoms with van der Waals surface area (Å²) in [5.74, 6) is 0.526. The molecule has 1 rings (SSSR count). The van der Waals surface area contributed by atoms with Gasteiger partial charge in [0.1, 0.15) is 17.6 Å². The quantitative estimate of drug-likeness (QED) is 0.683. The second-order valence-corrected chi connectivity index (χ2v) is 2.45. The standard InChI is InChI=1S/C9H9NO2/c1-6-3-7(11)4-9(12-2)8(6)5-10/h3-4,11H,1-2H3. The molecule has 0 spiro atoms. The van der Waals surface area contributed by atoms with Gasteiger partial charge >= 0.3 is 0 Å². The summed E-state index contributed by atoms with van der Waals surface area (Å²) in [7, 11) is 1.47. The zero-order valence-electron chi connectivity index (χ0n) is 6.96.